The molecule has 3 aliphatic rings. The SMILES string of the molecule is CC1(C)CC2=NN(c3ccccc3)P(=S)(Nc3ccc(Br)cc3)C2=C(N2CCCCC2)C1. The van der Waals surface area contributed by atoms with Crippen LogP contribution in [0.1, 0.15) is 46.0 Å². The molecular formula is C25H30BrN4PS. The molecule has 1 unspecified atom stereocenters. The van der Waals surface area contributed by atoms with Crippen LogP contribution in [0, 0.1) is 5.41 Å². The minimum atomic E-state index is -2.41. The average molecular weight is 529 g/mol. The molecule has 0 bridgehead atoms. The second kappa shape index (κ2) is 8.62. The summed E-state index contributed by atoms with van der Waals surface area (Å²) in [5.41, 5.74) is 4.90. The van der Waals surface area contributed by atoms with Crippen LogP contribution >= 0.6 is 22.3 Å². The third kappa shape index (κ3) is 4.18. The van der Waals surface area contributed by atoms with Crippen molar-refractivity contribution in [3.05, 3.63) is 70.1 Å². The summed E-state index contributed by atoms with van der Waals surface area (Å²) in [6.45, 7) is 6.99. The van der Waals surface area contributed by atoms with Crippen LogP contribution in [0.3, 0.4) is 0 Å². The molecule has 32 heavy (non-hydrogen) atoms. The molecule has 2 aliphatic heterocycles. The molecule has 4 nitrogen and oxygen atoms in total. The first-order valence-electron chi connectivity index (χ1n) is 11.4. The van der Waals surface area contributed by atoms with Crippen molar-refractivity contribution in [2.75, 3.05) is 23.0 Å². The number of halogens is 1. The van der Waals surface area contributed by atoms with Gasteiger partial charge in [0, 0.05) is 28.9 Å². The highest BCUT2D eigenvalue weighted by molar-refractivity contribution is 9.10. The normalized spacial score (nSPS) is 24.9. The standard InChI is InChI=1S/C25H30BrN4PS/c1-25(2)17-22-24(23(18-25)29-15-7-4-8-16-29)31(32,28-20-13-11-19(26)12-14-20)30(27-22)21-9-5-3-6-10-21/h3,5-6,9-14H,4,7-8,15-18H2,1-2H3,(H,28,32). The van der Waals surface area contributed by atoms with Gasteiger partial charge in [0.1, 0.15) is 0 Å². The molecule has 7 heteroatoms. The van der Waals surface area contributed by atoms with Gasteiger partial charge in [-0.15, -0.1) is 0 Å². The molecule has 1 saturated heterocycles. The molecule has 2 aromatic carbocycles. The maximum absolute atomic E-state index is 6.62. The number of fused-ring (bicyclic) bond motifs is 1. The zero-order valence-electron chi connectivity index (χ0n) is 18.7. The maximum Gasteiger partial charge on any atom is 0.174 e. The number of hydrogen-bond acceptors (Lipinski definition) is 3. The van der Waals surface area contributed by atoms with Gasteiger partial charge in [0.05, 0.1) is 16.7 Å². The van der Waals surface area contributed by atoms with Crippen molar-refractivity contribution in [3.8, 4) is 0 Å². The van der Waals surface area contributed by atoms with Crippen molar-refractivity contribution < 1.29 is 0 Å². The fourth-order valence-corrected chi connectivity index (χ4v) is 9.25. The third-order valence-electron chi connectivity index (χ3n) is 6.47. The zero-order chi connectivity index (χ0) is 22.3. The second-order valence-corrected chi connectivity index (χ2v) is 14.4. The molecular weight excluding hydrogens is 499 g/mol. The molecule has 1 aliphatic carbocycles. The number of hydrazone groups is 1. The van der Waals surface area contributed by atoms with Crippen LogP contribution < -0.4 is 9.87 Å². The molecule has 2 aromatic rings. The van der Waals surface area contributed by atoms with Crippen LogP contribution in [0.5, 0.6) is 0 Å². The van der Waals surface area contributed by atoms with Gasteiger partial charge in [0.15, 0.2) is 6.34 Å². The Morgan fingerprint density at radius 2 is 1.66 bits per heavy atom. The summed E-state index contributed by atoms with van der Waals surface area (Å²) in [4.78, 5) is 2.62. The number of rotatable bonds is 4. The second-order valence-electron chi connectivity index (χ2n) is 9.73. The maximum atomic E-state index is 6.62. The van der Waals surface area contributed by atoms with Crippen molar-refractivity contribution in [1.82, 2.24) is 4.90 Å². The number of piperidine rings is 1. The van der Waals surface area contributed by atoms with Gasteiger partial charge in [-0.05, 0) is 85.7 Å². The summed E-state index contributed by atoms with van der Waals surface area (Å²) in [5, 5.41) is 10.4. The van der Waals surface area contributed by atoms with Gasteiger partial charge in [-0.3, -0.25) is 0 Å². The highest BCUT2D eigenvalue weighted by Crippen LogP contribution is 2.66. The van der Waals surface area contributed by atoms with Gasteiger partial charge >= 0.3 is 0 Å². The number of likely N-dealkylation sites (tertiary alicyclic amines) is 1. The molecule has 0 amide bonds. The van der Waals surface area contributed by atoms with E-state index < -0.39 is 6.34 Å². The molecule has 0 aromatic heterocycles. The minimum absolute atomic E-state index is 0.180. The molecule has 168 valence electrons. The lowest BCUT2D eigenvalue weighted by atomic mass is 9.78. The van der Waals surface area contributed by atoms with Gasteiger partial charge in [-0.2, -0.15) is 5.10 Å². The lowest BCUT2D eigenvalue weighted by Gasteiger charge is -2.42. The van der Waals surface area contributed by atoms with E-state index in [-0.39, 0.29) is 5.41 Å². The fraction of sp³-hybridized carbons (Fsp3) is 0.400. The van der Waals surface area contributed by atoms with Crippen molar-refractivity contribution in [2.45, 2.75) is 46.0 Å². The number of hydrogen-bond donors (Lipinski definition) is 1. The average Bonchev–Trinajstić information content (AvgIpc) is 3.07. The molecule has 1 N–H and O–H groups in total. The van der Waals surface area contributed by atoms with E-state index in [1.54, 1.807) is 0 Å². The van der Waals surface area contributed by atoms with Crippen LogP contribution in [-0.4, -0.2) is 23.7 Å². The molecule has 2 heterocycles. The largest absolute Gasteiger partial charge is 0.374 e. The topological polar surface area (TPSA) is 30.9 Å². The highest BCUT2D eigenvalue weighted by atomic mass is 79.9. The summed E-state index contributed by atoms with van der Waals surface area (Å²) >= 11 is 10.2. The number of nitrogens with one attached hydrogen (secondary N) is 1. The predicted molar refractivity (Wildman–Crippen MR) is 144 cm³/mol. The first kappa shape index (κ1) is 22.2. The van der Waals surface area contributed by atoms with Crippen molar-refractivity contribution in [1.29, 1.82) is 0 Å². The van der Waals surface area contributed by atoms with Gasteiger partial charge in [0.2, 0.25) is 0 Å². The van der Waals surface area contributed by atoms with E-state index in [1.165, 1.54) is 36.0 Å². The van der Waals surface area contributed by atoms with Gasteiger partial charge in [-0.1, -0.05) is 48.0 Å². The highest BCUT2D eigenvalue weighted by Gasteiger charge is 2.47. The number of allylic oxidation sites excluding steroid dienone is 2. The van der Waals surface area contributed by atoms with Crippen LogP contribution in [0.25, 0.3) is 0 Å². The van der Waals surface area contributed by atoms with E-state index in [0.29, 0.717) is 0 Å². The fourth-order valence-electron chi connectivity index (χ4n) is 5.02. The zero-order valence-corrected chi connectivity index (χ0v) is 22.0. The summed E-state index contributed by atoms with van der Waals surface area (Å²) in [6, 6.07) is 18.8. The third-order valence-corrected chi connectivity index (χ3v) is 10.8. The van der Waals surface area contributed by atoms with Gasteiger partial charge in [-0.25, -0.2) is 4.78 Å². The lowest BCUT2D eigenvalue weighted by molar-refractivity contribution is 0.240. The summed E-state index contributed by atoms with van der Waals surface area (Å²) in [7, 11) is 0. The first-order chi connectivity index (χ1) is 15.4. The van der Waals surface area contributed by atoms with E-state index in [9.17, 15) is 0 Å². The van der Waals surface area contributed by atoms with Crippen molar-refractivity contribution in [2.24, 2.45) is 10.5 Å². The van der Waals surface area contributed by atoms with Gasteiger partial charge < -0.3 is 9.99 Å². The Hall–Kier alpha value is -1.62. The molecule has 1 atom stereocenters. The summed E-state index contributed by atoms with van der Waals surface area (Å²) in [5.74, 6) is 0. The van der Waals surface area contributed by atoms with Crippen LogP contribution in [0.15, 0.2) is 75.2 Å². The molecule has 0 radical (unpaired) electrons. The number of para-hydroxylation sites is 1. The van der Waals surface area contributed by atoms with Crippen molar-refractivity contribution >= 4 is 51.2 Å². The number of nitrogens with zero attached hydrogens (tertiary/aromatic N) is 3. The number of benzene rings is 2. The molecule has 1 fully saturated rings. The van der Waals surface area contributed by atoms with Crippen LogP contribution in [-0.2, 0) is 11.8 Å². The molecule has 0 spiro atoms. The predicted octanol–water partition coefficient (Wildman–Crippen LogP) is 7.56. The molecule has 0 saturated carbocycles. The van der Waals surface area contributed by atoms with Crippen molar-refractivity contribution in [3.63, 3.8) is 0 Å². The summed E-state index contributed by atoms with van der Waals surface area (Å²) in [6.07, 6.45) is 3.45. The van der Waals surface area contributed by atoms with E-state index in [1.807, 2.05) is 6.07 Å². The Bertz CT molecular complexity index is 1100. The van der Waals surface area contributed by atoms with E-state index in [0.717, 1.165) is 41.8 Å². The van der Waals surface area contributed by atoms with Gasteiger partial charge in [0.25, 0.3) is 0 Å². The Morgan fingerprint density at radius 1 is 0.969 bits per heavy atom. The van der Waals surface area contributed by atoms with E-state index in [2.05, 4.69) is 93.1 Å². The van der Waals surface area contributed by atoms with E-state index >= 15 is 0 Å². The number of anilines is 2. The first-order valence-corrected chi connectivity index (χ1v) is 15.0. The Kier molecular flexibility index (Phi) is 5.98. The Balaban J connectivity index is 1.67. The Morgan fingerprint density at radius 3 is 2.34 bits per heavy atom. The smallest absolute Gasteiger partial charge is 0.174 e. The Labute approximate surface area is 205 Å². The van der Waals surface area contributed by atoms with Crippen LogP contribution in [0.2, 0.25) is 0 Å². The monoisotopic (exact) mass is 528 g/mol. The molecule has 5 rings (SSSR count). The minimum Gasteiger partial charge on any atom is -0.374 e. The summed E-state index contributed by atoms with van der Waals surface area (Å²) < 4.78 is 3.20. The lowest BCUT2D eigenvalue weighted by Crippen LogP contribution is -2.36. The quantitative estimate of drug-likeness (QED) is 0.414. The van der Waals surface area contributed by atoms with Crippen LogP contribution in [0.4, 0.5) is 11.4 Å². The van der Waals surface area contributed by atoms with E-state index in [4.69, 9.17) is 16.9 Å².